The molecule has 5 heteroatoms. The van der Waals surface area contributed by atoms with E-state index in [4.69, 9.17) is 11.6 Å². The molecule has 25 heavy (non-hydrogen) atoms. The summed E-state index contributed by atoms with van der Waals surface area (Å²) in [6, 6.07) is 12.2. The van der Waals surface area contributed by atoms with E-state index < -0.39 is 0 Å². The molecule has 0 N–H and O–H groups in total. The summed E-state index contributed by atoms with van der Waals surface area (Å²) in [7, 11) is 0. The van der Waals surface area contributed by atoms with Crippen LogP contribution in [0.15, 0.2) is 42.6 Å². The fourth-order valence-electron chi connectivity index (χ4n) is 3.09. The number of halogens is 1. The molecule has 0 atom stereocenters. The number of carbonyl (C=O) groups excluding carboxylic acids is 1. The first-order chi connectivity index (χ1) is 12.0. The van der Waals surface area contributed by atoms with Crippen LogP contribution in [0.1, 0.15) is 41.3 Å². The second-order valence-corrected chi connectivity index (χ2v) is 7.22. The van der Waals surface area contributed by atoms with Crippen LogP contribution >= 0.6 is 11.6 Å². The lowest BCUT2D eigenvalue weighted by Crippen LogP contribution is -2.48. The summed E-state index contributed by atoms with van der Waals surface area (Å²) in [6.07, 6.45) is 1.58. The third-order valence-corrected chi connectivity index (χ3v) is 4.89. The molecule has 0 radical (unpaired) electrons. The van der Waals surface area contributed by atoms with Crippen LogP contribution in [-0.2, 0) is 6.54 Å². The minimum atomic E-state index is 0.0326. The van der Waals surface area contributed by atoms with Crippen molar-refractivity contribution in [2.24, 2.45) is 0 Å². The SMILES string of the molecule is CC(C)c1ccc(CN2CCN(C(=O)c3ccnc(Cl)c3)CC2)cc1. The van der Waals surface area contributed by atoms with Gasteiger partial charge in [0.05, 0.1) is 0 Å². The molecular formula is C20H24ClN3O. The van der Waals surface area contributed by atoms with Crippen LogP contribution in [0.4, 0.5) is 0 Å². The lowest BCUT2D eigenvalue weighted by Gasteiger charge is -2.34. The molecular weight excluding hydrogens is 334 g/mol. The molecule has 0 unspecified atom stereocenters. The van der Waals surface area contributed by atoms with E-state index in [0.717, 1.165) is 32.7 Å². The molecule has 2 heterocycles. The van der Waals surface area contributed by atoms with Gasteiger partial charge in [-0.25, -0.2) is 4.98 Å². The van der Waals surface area contributed by atoms with Crippen molar-refractivity contribution in [3.8, 4) is 0 Å². The van der Waals surface area contributed by atoms with Gasteiger partial charge in [-0.2, -0.15) is 0 Å². The Hall–Kier alpha value is -1.91. The third kappa shape index (κ3) is 4.59. The maximum absolute atomic E-state index is 12.5. The number of amides is 1. The quantitative estimate of drug-likeness (QED) is 0.780. The summed E-state index contributed by atoms with van der Waals surface area (Å²) < 4.78 is 0. The number of piperazine rings is 1. The number of nitrogens with zero attached hydrogens (tertiary/aromatic N) is 3. The fourth-order valence-corrected chi connectivity index (χ4v) is 3.27. The molecule has 1 aromatic heterocycles. The van der Waals surface area contributed by atoms with Gasteiger partial charge in [-0.15, -0.1) is 0 Å². The average molecular weight is 358 g/mol. The van der Waals surface area contributed by atoms with E-state index in [1.807, 2.05) is 4.90 Å². The van der Waals surface area contributed by atoms with E-state index in [1.165, 1.54) is 11.1 Å². The molecule has 3 rings (SSSR count). The van der Waals surface area contributed by atoms with Crippen molar-refractivity contribution in [1.82, 2.24) is 14.8 Å². The Morgan fingerprint density at radius 3 is 2.40 bits per heavy atom. The summed E-state index contributed by atoms with van der Waals surface area (Å²) in [5.41, 5.74) is 3.30. The second kappa shape index (κ2) is 7.98. The topological polar surface area (TPSA) is 36.4 Å². The van der Waals surface area contributed by atoms with Crippen molar-refractivity contribution in [2.45, 2.75) is 26.3 Å². The van der Waals surface area contributed by atoms with E-state index >= 15 is 0 Å². The Balaban J connectivity index is 1.54. The molecule has 1 aromatic carbocycles. The van der Waals surface area contributed by atoms with E-state index in [0.29, 0.717) is 16.6 Å². The Morgan fingerprint density at radius 2 is 1.80 bits per heavy atom. The molecule has 4 nitrogen and oxygen atoms in total. The molecule has 1 saturated heterocycles. The van der Waals surface area contributed by atoms with Crippen molar-refractivity contribution >= 4 is 17.5 Å². The van der Waals surface area contributed by atoms with Gasteiger partial charge in [0, 0.05) is 44.5 Å². The van der Waals surface area contributed by atoms with Crippen molar-refractivity contribution in [3.05, 3.63) is 64.4 Å². The maximum Gasteiger partial charge on any atom is 0.254 e. The molecule has 0 bridgehead atoms. The predicted octanol–water partition coefficient (Wildman–Crippen LogP) is 3.82. The Bertz CT molecular complexity index is 722. The summed E-state index contributed by atoms with van der Waals surface area (Å²) in [5.74, 6) is 0.593. The maximum atomic E-state index is 12.5. The van der Waals surface area contributed by atoms with Gasteiger partial charge in [-0.1, -0.05) is 49.7 Å². The van der Waals surface area contributed by atoms with Crippen LogP contribution in [0.3, 0.4) is 0 Å². The number of carbonyl (C=O) groups is 1. The summed E-state index contributed by atoms with van der Waals surface area (Å²) in [6.45, 7) is 8.60. The minimum Gasteiger partial charge on any atom is -0.336 e. The zero-order valence-electron chi connectivity index (χ0n) is 14.8. The molecule has 132 valence electrons. The number of pyridine rings is 1. The van der Waals surface area contributed by atoms with Gasteiger partial charge in [0.15, 0.2) is 0 Å². The minimum absolute atomic E-state index is 0.0326. The van der Waals surface area contributed by atoms with Gasteiger partial charge in [0.25, 0.3) is 5.91 Å². The fraction of sp³-hybridized carbons (Fsp3) is 0.400. The van der Waals surface area contributed by atoms with Crippen LogP contribution in [0.25, 0.3) is 0 Å². The van der Waals surface area contributed by atoms with Crippen molar-refractivity contribution in [2.75, 3.05) is 26.2 Å². The molecule has 1 amide bonds. The van der Waals surface area contributed by atoms with Gasteiger partial charge in [0.2, 0.25) is 0 Å². The van der Waals surface area contributed by atoms with E-state index in [2.05, 4.69) is 48.0 Å². The average Bonchev–Trinajstić information content (AvgIpc) is 2.62. The number of aromatic nitrogens is 1. The van der Waals surface area contributed by atoms with Crippen molar-refractivity contribution < 1.29 is 4.79 Å². The smallest absolute Gasteiger partial charge is 0.254 e. The molecule has 1 fully saturated rings. The van der Waals surface area contributed by atoms with Gasteiger partial charge < -0.3 is 4.90 Å². The predicted molar refractivity (Wildman–Crippen MR) is 101 cm³/mol. The molecule has 0 aliphatic carbocycles. The molecule has 2 aromatic rings. The first-order valence-corrected chi connectivity index (χ1v) is 9.13. The van der Waals surface area contributed by atoms with Crippen LogP contribution in [0.2, 0.25) is 5.15 Å². The highest BCUT2D eigenvalue weighted by Gasteiger charge is 2.22. The monoisotopic (exact) mass is 357 g/mol. The zero-order chi connectivity index (χ0) is 17.8. The number of rotatable bonds is 4. The standard InChI is InChI=1S/C20H24ClN3O/c1-15(2)17-5-3-16(4-6-17)14-23-9-11-24(12-10-23)20(25)18-7-8-22-19(21)13-18/h3-8,13,15H,9-12,14H2,1-2H3. The molecule has 0 saturated carbocycles. The summed E-state index contributed by atoms with van der Waals surface area (Å²) in [5, 5.41) is 0.356. The zero-order valence-corrected chi connectivity index (χ0v) is 15.5. The molecule has 1 aliphatic heterocycles. The van der Waals surface area contributed by atoms with Crippen molar-refractivity contribution in [1.29, 1.82) is 0 Å². The van der Waals surface area contributed by atoms with Gasteiger partial charge >= 0.3 is 0 Å². The van der Waals surface area contributed by atoms with Crippen LogP contribution in [0, 0.1) is 0 Å². The van der Waals surface area contributed by atoms with Crippen LogP contribution < -0.4 is 0 Å². The van der Waals surface area contributed by atoms with Crippen LogP contribution in [0.5, 0.6) is 0 Å². The van der Waals surface area contributed by atoms with E-state index in [1.54, 1.807) is 18.3 Å². The Morgan fingerprint density at radius 1 is 1.12 bits per heavy atom. The lowest BCUT2D eigenvalue weighted by molar-refractivity contribution is 0.0628. The first-order valence-electron chi connectivity index (χ1n) is 8.75. The highest BCUT2D eigenvalue weighted by molar-refractivity contribution is 6.29. The largest absolute Gasteiger partial charge is 0.336 e. The van der Waals surface area contributed by atoms with Gasteiger partial charge in [0.1, 0.15) is 5.15 Å². The van der Waals surface area contributed by atoms with E-state index in [-0.39, 0.29) is 5.91 Å². The van der Waals surface area contributed by atoms with E-state index in [9.17, 15) is 4.79 Å². The first kappa shape index (κ1) is 17.9. The highest BCUT2D eigenvalue weighted by atomic mass is 35.5. The highest BCUT2D eigenvalue weighted by Crippen LogP contribution is 2.17. The summed E-state index contributed by atoms with van der Waals surface area (Å²) in [4.78, 5) is 20.8. The van der Waals surface area contributed by atoms with Gasteiger partial charge in [-0.05, 0) is 29.2 Å². The number of hydrogen-bond donors (Lipinski definition) is 0. The number of benzene rings is 1. The Labute approximate surface area is 154 Å². The lowest BCUT2D eigenvalue weighted by atomic mass is 10.0. The molecule has 0 spiro atoms. The number of hydrogen-bond acceptors (Lipinski definition) is 3. The van der Waals surface area contributed by atoms with Gasteiger partial charge in [-0.3, -0.25) is 9.69 Å². The summed E-state index contributed by atoms with van der Waals surface area (Å²) >= 11 is 5.88. The van der Waals surface area contributed by atoms with Crippen molar-refractivity contribution in [3.63, 3.8) is 0 Å². The Kier molecular flexibility index (Phi) is 5.71. The van der Waals surface area contributed by atoms with Crippen LogP contribution in [-0.4, -0.2) is 46.9 Å². The molecule has 1 aliphatic rings. The third-order valence-electron chi connectivity index (χ3n) is 4.69. The normalized spacial score (nSPS) is 15.6. The second-order valence-electron chi connectivity index (χ2n) is 6.83.